The number of hydrogen-bond donors (Lipinski definition) is 2. The summed E-state index contributed by atoms with van der Waals surface area (Å²) in [4.78, 5) is 23.3. The molecule has 3 rings (SSSR count). The Balaban J connectivity index is 1.21. The minimum Gasteiger partial charge on any atom is -0.494 e. The fraction of sp³-hybridized carbons (Fsp3) is 0.417. The summed E-state index contributed by atoms with van der Waals surface area (Å²) in [7, 11) is 0. The first-order chi connectivity index (χ1) is 14.6. The standard InChI is InChI=1S/C24H30N2O4/c1-18-6-9-20(10-7-18)29-15-3-2-14-25-23(27)5-4-16-30-21-11-12-22-19(17-21)8-13-24(28)26-22/h6-7,9-12,17H,2-5,8,13-16H2,1H3,(H,25,27)(H,26,28). The van der Waals surface area contributed by atoms with Gasteiger partial charge >= 0.3 is 0 Å². The Morgan fingerprint density at radius 3 is 2.53 bits per heavy atom. The van der Waals surface area contributed by atoms with Gasteiger partial charge in [-0.1, -0.05) is 17.7 Å². The van der Waals surface area contributed by atoms with Crippen molar-refractivity contribution >= 4 is 17.5 Å². The number of carbonyl (C=O) groups excluding carboxylic acids is 2. The van der Waals surface area contributed by atoms with Crippen LogP contribution in [0.25, 0.3) is 0 Å². The van der Waals surface area contributed by atoms with Gasteiger partial charge in [-0.3, -0.25) is 9.59 Å². The first-order valence-electron chi connectivity index (χ1n) is 10.6. The van der Waals surface area contributed by atoms with E-state index in [0.29, 0.717) is 39.0 Å². The second-order valence-corrected chi connectivity index (χ2v) is 7.54. The lowest BCUT2D eigenvalue weighted by molar-refractivity contribution is -0.121. The molecule has 2 aromatic rings. The van der Waals surface area contributed by atoms with Crippen molar-refractivity contribution in [2.75, 3.05) is 25.1 Å². The number of benzene rings is 2. The molecule has 0 saturated heterocycles. The lowest BCUT2D eigenvalue weighted by Crippen LogP contribution is -2.24. The second-order valence-electron chi connectivity index (χ2n) is 7.54. The summed E-state index contributed by atoms with van der Waals surface area (Å²) in [5.41, 5.74) is 3.17. The molecule has 2 amide bonds. The highest BCUT2D eigenvalue weighted by atomic mass is 16.5. The van der Waals surface area contributed by atoms with Gasteiger partial charge in [0.25, 0.3) is 0 Å². The van der Waals surface area contributed by atoms with E-state index in [0.717, 1.165) is 42.0 Å². The first-order valence-corrected chi connectivity index (χ1v) is 10.6. The minimum absolute atomic E-state index is 0.0474. The van der Waals surface area contributed by atoms with Gasteiger partial charge in [-0.05, 0) is 68.5 Å². The van der Waals surface area contributed by atoms with Gasteiger partial charge in [0.05, 0.1) is 13.2 Å². The van der Waals surface area contributed by atoms with Gasteiger partial charge in [-0.25, -0.2) is 0 Å². The third-order valence-corrected chi connectivity index (χ3v) is 4.97. The molecule has 0 aliphatic carbocycles. The van der Waals surface area contributed by atoms with E-state index < -0.39 is 0 Å². The maximum absolute atomic E-state index is 11.9. The molecule has 0 unspecified atom stereocenters. The van der Waals surface area contributed by atoms with Crippen LogP contribution in [0.5, 0.6) is 11.5 Å². The van der Waals surface area contributed by atoms with Crippen molar-refractivity contribution in [1.29, 1.82) is 0 Å². The molecule has 0 saturated carbocycles. The number of ether oxygens (including phenoxy) is 2. The van der Waals surface area contributed by atoms with Crippen molar-refractivity contribution in [2.45, 2.75) is 45.4 Å². The summed E-state index contributed by atoms with van der Waals surface area (Å²) in [6.07, 6.45) is 4.14. The molecular formula is C24H30N2O4. The highest BCUT2D eigenvalue weighted by Gasteiger charge is 2.15. The molecule has 2 N–H and O–H groups in total. The summed E-state index contributed by atoms with van der Waals surface area (Å²) in [6, 6.07) is 13.7. The van der Waals surface area contributed by atoms with Gasteiger partial charge < -0.3 is 20.1 Å². The predicted molar refractivity (Wildman–Crippen MR) is 117 cm³/mol. The van der Waals surface area contributed by atoms with Crippen molar-refractivity contribution in [2.24, 2.45) is 0 Å². The van der Waals surface area contributed by atoms with E-state index in [1.54, 1.807) is 0 Å². The van der Waals surface area contributed by atoms with Crippen molar-refractivity contribution < 1.29 is 19.1 Å². The molecule has 0 aromatic heterocycles. The Morgan fingerprint density at radius 1 is 0.967 bits per heavy atom. The van der Waals surface area contributed by atoms with Crippen molar-refractivity contribution in [3.8, 4) is 11.5 Å². The van der Waals surface area contributed by atoms with E-state index in [-0.39, 0.29) is 11.8 Å². The molecule has 0 bridgehead atoms. The molecule has 1 aliphatic heterocycles. The second kappa shape index (κ2) is 11.2. The van der Waals surface area contributed by atoms with Gasteiger partial charge in [0.1, 0.15) is 11.5 Å². The number of unbranched alkanes of at least 4 members (excludes halogenated alkanes) is 1. The van der Waals surface area contributed by atoms with Gasteiger partial charge in [0.15, 0.2) is 0 Å². The first kappa shape index (κ1) is 21.7. The maximum Gasteiger partial charge on any atom is 0.224 e. The van der Waals surface area contributed by atoms with Crippen molar-refractivity contribution in [3.63, 3.8) is 0 Å². The average molecular weight is 411 g/mol. The molecule has 160 valence electrons. The van der Waals surface area contributed by atoms with Gasteiger partial charge in [-0.15, -0.1) is 0 Å². The van der Waals surface area contributed by atoms with Crippen LogP contribution in [0.2, 0.25) is 0 Å². The summed E-state index contributed by atoms with van der Waals surface area (Å²) in [5.74, 6) is 1.76. The number of fused-ring (bicyclic) bond motifs is 1. The number of nitrogens with one attached hydrogen (secondary N) is 2. The molecule has 1 heterocycles. The number of carbonyl (C=O) groups is 2. The summed E-state index contributed by atoms with van der Waals surface area (Å²) in [5, 5.41) is 5.80. The van der Waals surface area contributed by atoms with E-state index in [2.05, 4.69) is 17.6 Å². The van der Waals surface area contributed by atoms with Crippen LogP contribution in [0.1, 0.15) is 43.2 Å². The van der Waals surface area contributed by atoms with Crippen LogP contribution >= 0.6 is 0 Å². The van der Waals surface area contributed by atoms with Gasteiger partial charge in [0, 0.05) is 25.1 Å². The molecule has 6 heteroatoms. The largest absolute Gasteiger partial charge is 0.494 e. The molecule has 0 atom stereocenters. The zero-order chi connectivity index (χ0) is 21.2. The molecule has 0 radical (unpaired) electrons. The van der Waals surface area contributed by atoms with Crippen molar-refractivity contribution in [3.05, 3.63) is 53.6 Å². The monoisotopic (exact) mass is 410 g/mol. The predicted octanol–water partition coefficient (Wildman–Crippen LogP) is 4.01. The van der Waals surface area contributed by atoms with Gasteiger partial charge in [-0.2, -0.15) is 0 Å². The van der Waals surface area contributed by atoms with E-state index in [1.165, 1.54) is 5.56 Å². The van der Waals surface area contributed by atoms with Gasteiger partial charge in [0.2, 0.25) is 11.8 Å². The minimum atomic E-state index is 0.0474. The molecule has 30 heavy (non-hydrogen) atoms. The number of rotatable bonds is 11. The Kier molecular flexibility index (Phi) is 8.12. The van der Waals surface area contributed by atoms with Crippen LogP contribution in [0, 0.1) is 6.92 Å². The summed E-state index contributed by atoms with van der Waals surface area (Å²) >= 11 is 0. The summed E-state index contributed by atoms with van der Waals surface area (Å²) in [6.45, 7) is 3.85. The number of anilines is 1. The quantitative estimate of drug-likeness (QED) is 0.549. The molecular weight excluding hydrogens is 380 g/mol. The normalized spacial score (nSPS) is 12.6. The fourth-order valence-electron chi connectivity index (χ4n) is 3.24. The lowest BCUT2D eigenvalue weighted by Gasteiger charge is -2.17. The third kappa shape index (κ3) is 7.10. The highest BCUT2D eigenvalue weighted by Crippen LogP contribution is 2.26. The molecule has 0 spiro atoms. The average Bonchev–Trinajstić information content (AvgIpc) is 2.75. The Morgan fingerprint density at radius 2 is 1.70 bits per heavy atom. The maximum atomic E-state index is 11.9. The number of hydrogen-bond acceptors (Lipinski definition) is 4. The molecule has 6 nitrogen and oxygen atoms in total. The van der Waals surface area contributed by atoms with E-state index >= 15 is 0 Å². The molecule has 1 aliphatic rings. The topological polar surface area (TPSA) is 76.7 Å². The lowest BCUT2D eigenvalue weighted by atomic mass is 10.0. The van der Waals surface area contributed by atoms with E-state index in [4.69, 9.17) is 9.47 Å². The highest BCUT2D eigenvalue weighted by molar-refractivity contribution is 5.94. The third-order valence-electron chi connectivity index (χ3n) is 4.97. The zero-order valence-electron chi connectivity index (χ0n) is 17.5. The van der Waals surface area contributed by atoms with Crippen LogP contribution in [-0.4, -0.2) is 31.6 Å². The van der Waals surface area contributed by atoms with Crippen LogP contribution < -0.4 is 20.1 Å². The Hall–Kier alpha value is -3.02. The molecule has 0 fully saturated rings. The van der Waals surface area contributed by atoms with E-state index in [9.17, 15) is 9.59 Å². The Labute approximate surface area is 178 Å². The number of aryl methyl sites for hydroxylation is 2. The number of amides is 2. The smallest absolute Gasteiger partial charge is 0.224 e. The summed E-state index contributed by atoms with van der Waals surface area (Å²) < 4.78 is 11.4. The Bertz CT molecular complexity index is 849. The van der Waals surface area contributed by atoms with Crippen LogP contribution in [-0.2, 0) is 16.0 Å². The SMILES string of the molecule is Cc1ccc(OCCCCNC(=O)CCCOc2ccc3c(c2)CCC(=O)N3)cc1. The van der Waals surface area contributed by atoms with E-state index in [1.807, 2.05) is 42.5 Å². The van der Waals surface area contributed by atoms with Crippen molar-refractivity contribution in [1.82, 2.24) is 5.32 Å². The van der Waals surface area contributed by atoms with Crippen LogP contribution in [0.3, 0.4) is 0 Å². The fourth-order valence-corrected chi connectivity index (χ4v) is 3.24. The van der Waals surface area contributed by atoms with Crippen LogP contribution in [0.15, 0.2) is 42.5 Å². The molecule has 2 aromatic carbocycles. The van der Waals surface area contributed by atoms with Crippen LogP contribution in [0.4, 0.5) is 5.69 Å². The zero-order valence-corrected chi connectivity index (χ0v) is 17.5.